The van der Waals surface area contributed by atoms with E-state index in [9.17, 15) is 9.18 Å². The molecule has 0 spiro atoms. The average Bonchev–Trinajstić information content (AvgIpc) is 3.58. The molecule has 1 N–H and O–H groups in total. The smallest absolute Gasteiger partial charge is 0.253 e. The van der Waals surface area contributed by atoms with Crippen LogP contribution >= 0.6 is 0 Å². The summed E-state index contributed by atoms with van der Waals surface area (Å²) in [6.45, 7) is 5.00. The first-order chi connectivity index (χ1) is 17.6. The topological polar surface area (TPSA) is 82.9 Å². The zero-order valence-corrected chi connectivity index (χ0v) is 20.4. The molecule has 2 aromatic heterocycles. The van der Waals surface area contributed by atoms with Crippen molar-refractivity contribution >= 4 is 16.6 Å². The van der Waals surface area contributed by atoms with Crippen LogP contribution in [0.25, 0.3) is 10.9 Å². The van der Waals surface area contributed by atoms with Gasteiger partial charge in [0, 0.05) is 42.9 Å². The zero-order valence-electron chi connectivity index (χ0n) is 20.4. The lowest BCUT2D eigenvalue weighted by atomic mass is 10.0. The van der Waals surface area contributed by atoms with Crippen LogP contribution < -0.4 is 10.5 Å². The van der Waals surface area contributed by atoms with Crippen molar-refractivity contribution < 1.29 is 4.39 Å². The minimum atomic E-state index is -0.356. The van der Waals surface area contributed by atoms with Gasteiger partial charge in [-0.25, -0.2) is 9.07 Å². The molecule has 6 rings (SSSR count). The first kappa shape index (κ1) is 22.8. The quantitative estimate of drug-likeness (QED) is 0.458. The number of benzene rings is 2. The summed E-state index contributed by atoms with van der Waals surface area (Å²) >= 11 is 0. The lowest BCUT2D eigenvalue weighted by molar-refractivity contribution is 0.197. The van der Waals surface area contributed by atoms with E-state index in [1.807, 2.05) is 41.9 Å². The van der Waals surface area contributed by atoms with Crippen molar-refractivity contribution in [3.05, 3.63) is 81.7 Å². The molecular formula is C27H30FN7O. The van der Waals surface area contributed by atoms with E-state index in [0.29, 0.717) is 5.56 Å². The Bertz CT molecular complexity index is 1420. The number of aromatic nitrogens is 5. The Balaban J connectivity index is 1.38. The number of aryl methyl sites for hydroxylation is 1. The van der Waals surface area contributed by atoms with Crippen molar-refractivity contribution in [3.8, 4) is 0 Å². The predicted molar refractivity (Wildman–Crippen MR) is 137 cm³/mol. The lowest BCUT2D eigenvalue weighted by Crippen LogP contribution is -2.49. The maximum atomic E-state index is 13.5. The fourth-order valence-corrected chi connectivity index (χ4v) is 5.71. The minimum Gasteiger partial charge on any atom is -0.369 e. The molecule has 2 aromatic carbocycles. The highest BCUT2D eigenvalue weighted by molar-refractivity contribution is 5.79. The summed E-state index contributed by atoms with van der Waals surface area (Å²) in [6.07, 6.45) is 4.44. The van der Waals surface area contributed by atoms with Gasteiger partial charge in [-0.2, -0.15) is 0 Å². The van der Waals surface area contributed by atoms with Crippen LogP contribution in [0.3, 0.4) is 0 Å². The molecule has 1 aliphatic carbocycles. The number of anilines is 1. The maximum Gasteiger partial charge on any atom is 0.253 e. The molecule has 0 bridgehead atoms. The summed E-state index contributed by atoms with van der Waals surface area (Å²) < 4.78 is 15.4. The molecule has 36 heavy (non-hydrogen) atoms. The fraction of sp³-hybridized carbons (Fsp3) is 0.407. The number of piperazine rings is 1. The zero-order chi connectivity index (χ0) is 24.6. The van der Waals surface area contributed by atoms with E-state index in [0.717, 1.165) is 67.0 Å². The first-order valence-electron chi connectivity index (χ1n) is 12.7. The van der Waals surface area contributed by atoms with Crippen LogP contribution in [0.2, 0.25) is 0 Å². The number of pyridine rings is 1. The summed E-state index contributed by atoms with van der Waals surface area (Å²) in [4.78, 5) is 21.1. The second kappa shape index (κ2) is 9.46. The van der Waals surface area contributed by atoms with E-state index in [2.05, 4.69) is 36.4 Å². The molecule has 1 atom stereocenters. The third-order valence-corrected chi connectivity index (χ3v) is 7.63. The van der Waals surface area contributed by atoms with Crippen molar-refractivity contribution in [1.82, 2.24) is 30.1 Å². The molecule has 8 nitrogen and oxygen atoms in total. The van der Waals surface area contributed by atoms with Crippen LogP contribution in [-0.2, 0) is 0 Å². The second-order valence-electron chi connectivity index (χ2n) is 9.97. The van der Waals surface area contributed by atoms with Crippen LogP contribution in [-0.4, -0.2) is 56.3 Å². The number of aromatic amines is 1. The van der Waals surface area contributed by atoms with Gasteiger partial charge in [0.2, 0.25) is 0 Å². The van der Waals surface area contributed by atoms with Gasteiger partial charge in [0.25, 0.3) is 5.56 Å². The van der Waals surface area contributed by atoms with E-state index in [-0.39, 0.29) is 23.5 Å². The Hall–Kier alpha value is -3.59. The third kappa shape index (κ3) is 4.28. The Kier molecular flexibility index (Phi) is 6.00. The number of fused-ring (bicyclic) bond motifs is 1. The number of hydrogen-bond donors (Lipinski definition) is 1. The molecule has 4 aromatic rings. The van der Waals surface area contributed by atoms with Gasteiger partial charge < -0.3 is 9.88 Å². The number of hydrogen-bond acceptors (Lipinski definition) is 6. The van der Waals surface area contributed by atoms with Crippen molar-refractivity contribution in [2.24, 2.45) is 0 Å². The van der Waals surface area contributed by atoms with Gasteiger partial charge in [-0.1, -0.05) is 25.0 Å². The highest BCUT2D eigenvalue weighted by atomic mass is 19.1. The molecule has 1 saturated heterocycles. The van der Waals surface area contributed by atoms with Crippen molar-refractivity contribution in [2.45, 2.75) is 44.7 Å². The van der Waals surface area contributed by atoms with Gasteiger partial charge in [-0.05, 0) is 77.5 Å². The standard InChI is InChI=1S/C27H30FN7O/c1-18-6-7-19-17-23(27(36)29-24(19)16-18)25(26-30-31-32-35(26)22-4-2-3-5-22)34-14-12-33(13-15-34)21-10-8-20(28)9-11-21/h6-11,16-17,22,25H,2-5,12-15H2,1H3,(H,29,36)/t25-/m1/s1. The summed E-state index contributed by atoms with van der Waals surface area (Å²) in [6, 6.07) is 14.6. The van der Waals surface area contributed by atoms with E-state index in [4.69, 9.17) is 0 Å². The Labute approximate surface area is 208 Å². The summed E-state index contributed by atoms with van der Waals surface area (Å²) in [7, 11) is 0. The van der Waals surface area contributed by atoms with Crippen LogP contribution in [0.15, 0.2) is 53.3 Å². The van der Waals surface area contributed by atoms with Gasteiger partial charge >= 0.3 is 0 Å². The predicted octanol–water partition coefficient (Wildman–Crippen LogP) is 3.99. The molecule has 0 amide bonds. The largest absolute Gasteiger partial charge is 0.369 e. The highest BCUT2D eigenvalue weighted by Crippen LogP contribution is 2.34. The van der Waals surface area contributed by atoms with Crippen LogP contribution in [0.4, 0.5) is 10.1 Å². The lowest BCUT2D eigenvalue weighted by Gasteiger charge is -2.39. The average molecular weight is 488 g/mol. The molecule has 0 radical (unpaired) electrons. The molecule has 3 heterocycles. The number of H-pyrrole nitrogens is 1. The Morgan fingerprint density at radius 3 is 2.50 bits per heavy atom. The van der Waals surface area contributed by atoms with Crippen molar-refractivity contribution in [3.63, 3.8) is 0 Å². The summed E-state index contributed by atoms with van der Waals surface area (Å²) in [5.41, 5.74) is 3.49. The summed E-state index contributed by atoms with van der Waals surface area (Å²) in [5, 5.41) is 13.9. The number of rotatable bonds is 5. The first-order valence-corrected chi connectivity index (χ1v) is 12.7. The number of nitrogens with one attached hydrogen (secondary N) is 1. The SMILES string of the molecule is Cc1ccc2cc([C@H](c3nnnn3C3CCCC3)N3CCN(c4ccc(F)cc4)CC3)c(=O)[nH]c2c1. The highest BCUT2D eigenvalue weighted by Gasteiger charge is 2.34. The normalized spacial score (nSPS) is 18.2. The molecule has 2 aliphatic rings. The molecule has 1 aliphatic heterocycles. The number of halogens is 1. The Morgan fingerprint density at radius 1 is 1.00 bits per heavy atom. The maximum absolute atomic E-state index is 13.5. The molecule has 186 valence electrons. The molecule has 9 heteroatoms. The second-order valence-corrected chi connectivity index (χ2v) is 9.97. The molecular weight excluding hydrogens is 457 g/mol. The fourth-order valence-electron chi connectivity index (χ4n) is 5.71. The van der Waals surface area contributed by atoms with Gasteiger partial charge in [-0.3, -0.25) is 9.69 Å². The van der Waals surface area contributed by atoms with Gasteiger partial charge in [0.1, 0.15) is 11.9 Å². The number of tetrazole rings is 1. The number of nitrogens with zero attached hydrogens (tertiary/aromatic N) is 6. The van der Waals surface area contributed by atoms with Crippen LogP contribution in [0.5, 0.6) is 0 Å². The minimum absolute atomic E-state index is 0.111. The molecule has 1 saturated carbocycles. The van der Waals surface area contributed by atoms with Gasteiger partial charge in [0.15, 0.2) is 5.82 Å². The van der Waals surface area contributed by atoms with Gasteiger partial charge in [-0.15, -0.1) is 5.10 Å². The van der Waals surface area contributed by atoms with Crippen LogP contribution in [0, 0.1) is 12.7 Å². The van der Waals surface area contributed by atoms with Crippen molar-refractivity contribution in [1.29, 1.82) is 0 Å². The monoisotopic (exact) mass is 487 g/mol. The van der Waals surface area contributed by atoms with E-state index in [1.54, 1.807) is 0 Å². The van der Waals surface area contributed by atoms with E-state index < -0.39 is 0 Å². The summed E-state index contributed by atoms with van der Waals surface area (Å²) in [5.74, 6) is 0.496. The Morgan fingerprint density at radius 2 is 1.75 bits per heavy atom. The van der Waals surface area contributed by atoms with Crippen LogP contribution in [0.1, 0.15) is 54.7 Å². The van der Waals surface area contributed by atoms with Gasteiger partial charge in [0.05, 0.1) is 6.04 Å². The molecule has 2 fully saturated rings. The van der Waals surface area contributed by atoms with Crippen molar-refractivity contribution in [2.75, 3.05) is 31.1 Å². The third-order valence-electron chi connectivity index (χ3n) is 7.63. The molecule has 0 unspecified atom stereocenters. The van der Waals surface area contributed by atoms with E-state index in [1.165, 1.54) is 25.0 Å². The van der Waals surface area contributed by atoms with E-state index >= 15 is 0 Å².